The van der Waals surface area contributed by atoms with Crippen LogP contribution in [-0.4, -0.2) is 15.5 Å². The fourth-order valence-electron chi connectivity index (χ4n) is 2.80. The molecule has 0 saturated heterocycles. The maximum atomic E-state index is 12.7. The average molecular weight is 361 g/mol. The normalized spacial score (nSPS) is 11.6. The molecule has 0 aliphatic rings. The van der Waals surface area contributed by atoms with E-state index in [1.165, 1.54) is 7.11 Å². The number of sulfone groups is 1. The Bertz CT molecular complexity index is 976. The van der Waals surface area contributed by atoms with E-state index in [2.05, 4.69) is 0 Å². The van der Waals surface area contributed by atoms with Crippen LogP contribution in [0.3, 0.4) is 0 Å². The minimum Gasteiger partial charge on any atom is -0.496 e. The summed E-state index contributed by atoms with van der Waals surface area (Å²) in [6, 6.07) is 18.5. The molecule has 124 valence electrons. The molecule has 0 N–H and O–H groups in total. The van der Waals surface area contributed by atoms with Crippen LogP contribution in [0.4, 0.5) is 0 Å². The highest BCUT2D eigenvalue weighted by Crippen LogP contribution is 2.27. The molecule has 0 atom stereocenters. The molecule has 0 aliphatic heterocycles. The molecule has 0 fully saturated rings. The van der Waals surface area contributed by atoms with E-state index >= 15 is 0 Å². The molecule has 0 saturated carbocycles. The van der Waals surface area contributed by atoms with Crippen LogP contribution in [0.1, 0.15) is 11.1 Å². The fourth-order valence-corrected chi connectivity index (χ4v) is 4.52. The molecule has 0 heterocycles. The number of rotatable bonds is 5. The van der Waals surface area contributed by atoms with Crippen LogP contribution in [0.25, 0.3) is 10.8 Å². The minimum atomic E-state index is -3.37. The second-order valence-electron chi connectivity index (χ2n) is 5.63. The second kappa shape index (κ2) is 6.83. The van der Waals surface area contributed by atoms with Crippen molar-refractivity contribution in [3.8, 4) is 5.75 Å². The van der Waals surface area contributed by atoms with Gasteiger partial charge in [-0.3, -0.25) is 0 Å². The van der Waals surface area contributed by atoms with Crippen molar-refractivity contribution in [2.24, 2.45) is 0 Å². The zero-order valence-corrected chi connectivity index (χ0v) is 14.8. The number of halogens is 1. The van der Waals surface area contributed by atoms with Gasteiger partial charge in [-0.2, -0.15) is 0 Å². The van der Waals surface area contributed by atoms with Crippen LogP contribution in [0.15, 0.2) is 60.7 Å². The molecule has 3 aromatic rings. The summed E-state index contributed by atoms with van der Waals surface area (Å²) in [5, 5.41) is 2.48. The summed E-state index contributed by atoms with van der Waals surface area (Å²) in [6.07, 6.45) is 0. The lowest BCUT2D eigenvalue weighted by molar-refractivity contribution is 0.411. The minimum absolute atomic E-state index is 0.0238. The van der Waals surface area contributed by atoms with Crippen LogP contribution in [0.5, 0.6) is 5.75 Å². The molecular formula is C19H17ClO3S. The van der Waals surface area contributed by atoms with Gasteiger partial charge < -0.3 is 4.74 Å². The van der Waals surface area contributed by atoms with Gasteiger partial charge >= 0.3 is 0 Å². The van der Waals surface area contributed by atoms with Crippen LogP contribution < -0.4 is 4.74 Å². The van der Waals surface area contributed by atoms with Gasteiger partial charge in [0.1, 0.15) is 5.75 Å². The average Bonchev–Trinajstić information content (AvgIpc) is 2.55. The molecule has 0 aliphatic carbocycles. The van der Waals surface area contributed by atoms with Crippen molar-refractivity contribution in [2.45, 2.75) is 11.5 Å². The fraction of sp³-hybridized carbons (Fsp3) is 0.158. The van der Waals surface area contributed by atoms with Gasteiger partial charge in [-0.1, -0.05) is 54.1 Å². The van der Waals surface area contributed by atoms with E-state index < -0.39 is 9.84 Å². The molecule has 3 rings (SSSR count). The topological polar surface area (TPSA) is 43.4 Å². The first-order valence-electron chi connectivity index (χ1n) is 7.48. The van der Waals surface area contributed by atoms with E-state index in [9.17, 15) is 8.42 Å². The molecule has 0 spiro atoms. The van der Waals surface area contributed by atoms with E-state index in [0.29, 0.717) is 16.3 Å². The van der Waals surface area contributed by atoms with Crippen molar-refractivity contribution in [1.29, 1.82) is 0 Å². The number of hydrogen-bond acceptors (Lipinski definition) is 3. The zero-order chi connectivity index (χ0) is 17.2. The molecule has 0 radical (unpaired) electrons. The van der Waals surface area contributed by atoms with E-state index in [1.54, 1.807) is 18.2 Å². The Labute approximate surface area is 146 Å². The third-order valence-corrected chi connectivity index (χ3v) is 5.61. The quantitative estimate of drug-likeness (QED) is 0.667. The Morgan fingerprint density at radius 1 is 0.917 bits per heavy atom. The van der Waals surface area contributed by atoms with Gasteiger partial charge in [-0.15, -0.1) is 0 Å². The van der Waals surface area contributed by atoms with Crippen LogP contribution in [0.2, 0.25) is 5.02 Å². The number of benzene rings is 3. The maximum Gasteiger partial charge on any atom is 0.158 e. The Balaban J connectivity index is 1.93. The largest absolute Gasteiger partial charge is 0.496 e. The summed E-state index contributed by atoms with van der Waals surface area (Å²) >= 11 is 5.99. The molecule has 0 bridgehead atoms. The molecule has 0 amide bonds. The smallest absolute Gasteiger partial charge is 0.158 e. The van der Waals surface area contributed by atoms with Crippen LogP contribution in [0, 0.1) is 0 Å². The first-order valence-corrected chi connectivity index (χ1v) is 9.68. The van der Waals surface area contributed by atoms with Crippen molar-refractivity contribution >= 4 is 32.2 Å². The third-order valence-electron chi connectivity index (χ3n) is 3.87. The zero-order valence-electron chi connectivity index (χ0n) is 13.2. The lowest BCUT2D eigenvalue weighted by Gasteiger charge is -2.11. The third kappa shape index (κ3) is 3.71. The lowest BCUT2D eigenvalue weighted by Crippen LogP contribution is -2.09. The lowest BCUT2D eigenvalue weighted by atomic mass is 10.1. The molecule has 24 heavy (non-hydrogen) atoms. The van der Waals surface area contributed by atoms with Gasteiger partial charge in [0, 0.05) is 10.6 Å². The molecule has 0 aromatic heterocycles. The van der Waals surface area contributed by atoms with Crippen LogP contribution >= 0.6 is 11.6 Å². The number of ether oxygens (including phenoxy) is 1. The van der Waals surface area contributed by atoms with Crippen molar-refractivity contribution in [3.05, 3.63) is 76.8 Å². The summed E-state index contributed by atoms with van der Waals surface area (Å²) in [6.45, 7) is 0. The Kier molecular flexibility index (Phi) is 4.78. The van der Waals surface area contributed by atoms with Crippen molar-refractivity contribution in [2.75, 3.05) is 7.11 Å². The Morgan fingerprint density at radius 3 is 2.42 bits per heavy atom. The van der Waals surface area contributed by atoms with Crippen LogP contribution in [-0.2, 0) is 21.3 Å². The summed E-state index contributed by atoms with van der Waals surface area (Å²) in [4.78, 5) is 0. The second-order valence-corrected chi connectivity index (χ2v) is 8.13. The predicted molar refractivity (Wildman–Crippen MR) is 98.3 cm³/mol. The van der Waals surface area contributed by atoms with Gasteiger partial charge in [0.05, 0.1) is 18.6 Å². The predicted octanol–water partition coefficient (Wildman–Crippen LogP) is 4.62. The number of methoxy groups -OCH3 is 1. The summed E-state index contributed by atoms with van der Waals surface area (Å²) in [7, 11) is -1.85. The van der Waals surface area contributed by atoms with E-state index in [-0.39, 0.29) is 11.5 Å². The molecular weight excluding hydrogens is 344 g/mol. The Hall–Kier alpha value is -2.04. The summed E-state index contributed by atoms with van der Waals surface area (Å²) < 4.78 is 30.6. The molecule has 0 unspecified atom stereocenters. The highest BCUT2D eigenvalue weighted by Gasteiger charge is 2.17. The van der Waals surface area contributed by atoms with Crippen molar-refractivity contribution in [3.63, 3.8) is 0 Å². The van der Waals surface area contributed by atoms with E-state index in [4.69, 9.17) is 16.3 Å². The molecule has 3 aromatic carbocycles. The molecule has 5 heteroatoms. The van der Waals surface area contributed by atoms with Gasteiger partial charge in [0.2, 0.25) is 0 Å². The highest BCUT2D eigenvalue weighted by atomic mass is 35.5. The van der Waals surface area contributed by atoms with E-state index in [1.807, 2.05) is 42.5 Å². The van der Waals surface area contributed by atoms with Crippen molar-refractivity contribution < 1.29 is 13.2 Å². The van der Waals surface area contributed by atoms with Gasteiger partial charge in [-0.05, 0) is 34.5 Å². The Morgan fingerprint density at radius 2 is 1.62 bits per heavy atom. The first-order chi connectivity index (χ1) is 11.5. The molecule has 3 nitrogen and oxygen atoms in total. The van der Waals surface area contributed by atoms with E-state index in [0.717, 1.165) is 16.3 Å². The highest BCUT2D eigenvalue weighted by molar-refractivity contribution is 7.89. The SMILES string of the molecule is COc1ccc(Cl)cc1CS(=O)(=O)Cc1cccc2ccccc12. The summed E-state index contributed by atoms with van der Waals surface area (Å²) in [5.41, 5.74) is 1.37. The van der Waals surface area contributed by atoms with Crippen molar-refractivity contribution in [1.82, 2.24) is 0 Å². The van der Waals surface area contributed by atoms with Gasteiger partial charge in [0.15, 0.2) is 9.84 Å². The van der Waals surface area contributed by atoms with Gasteiger partial charge in [0.25, 0.3) is 0 Å². The number of hydrogen-bond donors (Lipinski definition) is 0. The number of fused-ring (bicyclic) bond motifs is 1. The maximum absolute atomic E-state index is 12.7. The monoisotopic (exact) mass is 360 g/mol. The standard InChI is InChI=1S/C19H17ClO3S/c1-23-19-10-9-17(20)11-16(19)13-24(21,22)12-15-7-4-6-14-5-2-3-8-18(14)15/h2-11H,12-13H2,1H3. The van der Waals surface area contributed by atoms with Gasteiger partial charge in [-0.25, -0.2) is 8.42 Å². The summed E-state index contributed by atoms with van der Waals surface area (Å²) in [5.74, 6) is 0.394. The first kappa shape index (κ1) is 16.8.